The fourth-order valence-electron chi connectivity index (χ4n) is 5.96. The molecule has 1 saturated heterocycles. The van der Waals surface area contributed by atoms with Crippen molar-refractivity contribution in [3.63, 3.8) is 0 Å². The van der Waals surface area contributed by atoms with Gasteiger partial charge in [-0.05, 0) is 77.9 Å². The molecule has 1 atom stereocenters. The number of aromatic nitrogens is 2. The van der Waals surface area contributed by atoms with E-state index in [0.717, 1.165) is 15.9 Å². The van der Waals surface area contributed by atoms with E-state index in [1.807, 2.05) is 67.5 Å². The van der Waals surface area contributed by atoms with Crippen LogP contribution in [0, 0.1) is 0 Å². The number of hydrogen-bond donors (Lipinski definition) is 2. The Morgan fingerprint density at radius 1 is 0.846 bits per heavy atom. The highest BCUT2D eigenvalue weighted by Crippen LogP contribution is 2.42. The van der Waals surface area contributed by atoms with Gasteiger partial charge in [0.15, 0.2) is 0 Å². The summed E-state index contributed by atoms with van der Waals surface area (Å²) in [5, 5.41) is 4.10. The van der Waals surface area contributed by atoms with Crippen LogP contribution in [0.5, 0.6) is 0 Å². The molecule has 1 unspecified atom stereocenters. The lowest BCUT2D eigenvalue weighted by Crippen LogP contribution is -2.36. The second-order valence-corrected chi connectivity index (χ2v) is 15.8. The number of para-hydroxylation sites is 3. The van der Waals surface area contributed by atoms with E-state index >= 15 is 0 Å². The molecule has 0 bridgehead atoms. The lowest BCUT2D eigenvalue weighted by Gasteiger charge is -2.25. The van der Waals surface area contributed by atoms with Gasteiger partial charge >= 0.3 is 0 Å². The minimum absolute atomic E-state index is 0.0679. The van der Waals surface area contributed by atoms with Crippen LogP contribution in [0.2, 0.25) is 10.0 Å². The molecule has 1 amide bonds. The third kappa shape index (κ3) is 7.07. The average Bonchev–Trinajstić information content (AvgIpc) is 3.53. The summed E-state index contributed by atoms with van der Waals surface area (Å²) < 4.78 is 28.8. The second kappa shape index (κ2) is 14.5. The summed E-state index contributed by atoms with van der Waals surface area (Å²) in [5.41, 5.74) is 4.26. The van der Waals surface area contributed by atoms with Gasteiger partial charge in [-0.1, -0.05) is 71.7 Å². The molecule has 2 N–H and O–H groups in total. The lowest BCUT2D eigenvalue weighted by atomic mass is 10.1. The third-order valence-corrected chi connectivity index (χ3v) is 11.8. The van der Waals surface area contributed by atoms with Crippen molar-refractivity contribution in [1.29, 1.82) is 0 Å². The van der Waals surface area contributed by atoms with E-state index < -0.39 is 15.6 Å². The molecule has 7 rings (SSSR count). The summed E-state index contributed by atoms with van der Waals surface area (Å²) in [6.07, 6.45) is 0.0679. The summed E-state index contributed by atoms with van der Waals surface area (Å²) in [7, 11) is -0.387. The highest BCUT2D eigenvalue weighted by atomic mass is 35.5. The summed E-state index contributed by atoms with van der Waals surface area (Å²) in [5.74, 6) is 0.378. The summed E-state index contributed by atoms with van der Waals surface area (Å²) >= 11 is 14.4. The van der Waals surface area contributed by atoms with Crippen LogP contribution in [0.4, 0.5) is 22.7 Å². The third-order valence-electron chi connectivity index (χ3n) is 8.63. The van der Waals surface area contributed by atoms with Gasteiger partial charge in [-0.25, -0.2) is 9.82 Å². The fraction of sp³-hybridized carbons (Fsp3) is 0.132. The molecule has 1 aliphatic rings. The molecule has 14 heteroatoms. The number of carbonyl (C=O) groups is 1. The number of fused-ring (bicyclic) bond motifs is 1. The summed E-state index contributed by atoms with van der Waals surface area (Å²) in [6, 6.07) is 33.3. The average molecular weight is 772 g/mol. The Balaban J connectivity index is 1.20. The molecule has 0 aliphatic carbocycles. The van der Waals surface area contributed by atoms with Crippen molar-refractivity contribution in [3.8, 4) is 0 Å². The molecule has 5 aromatic carbocycles. The van der Waals surface area contributed by atoms with Gasteiger partial charge in [-0.3, -0.25) is 14.5 Å². The Labute approximate surface area is 315 Å². The minimum atomic E-state index is -4.31. The number of benzene rings is 5. The maximum Gasteiger partial charge on any atom is 0.280 e. The zero-order valence-corrected chi connectivity index (χ0v) is 31.1. The van der Waals surface area contributed by atoms with E-state index in [9.17, 15) is 18.0 Å². The first-order valence-electron chi connectivity index (χ1n) is 16.1. The van der Waals surface area contributed by atoms with E-state index in [-0.39, 0.29) is 33.8 Å². The largest absolute Gasteiger partial charge is 0.378 e. The van der Waals surface area contributed by atoms with Crippen LogP contribution in [-0.4, -0.2) is 43.8 Å². The maximum atomic E-state index is 13.9. The van der Waals surface area contributed by atoms with Gasteiger partial charge in [0.1, 0.15) is 11.2 Å². The van der Waals surface area contributed by atoms with E-state index in [1.165, 1.54) is 23.9 Å². The highest BCUT2D eigenvalue weighted by Gasteiger charge is 2.34. The molecular formula is C38H32Cl2N6O4S2. The molecule has 2 heterocycles. The van der Waals surface area contributed by atoms with Crippen molar-refractivity contribution in [2.75, 3.05) is 39.8 Å². The van der Waals surface area contributed by atoms with Gasteiger partial charge in [-0.15, -0.1) is 11.8 Å². The normalized spacial score (nSPS) is 14.5. The quantitative estimate of drug-likeness (QED) is 0.145. The number of sulfonamides is 1. The van der Waals surface area contributed by atoms with Gasteiger partial charge in [0.25, 0.3) is 15.6 Å². The van der Waals surface area contributed by atoms with Crippen LogP contribution in [0.1, 0.15) is 22.3 Å². The number of hydrogen-bond acceptors (Lipinski definition) is 8. The fourth-order valence-corrected chi connectivity index (χ4v) is 8.65. The Bertz CT molecular complexity index is 2460. The van der Waals surface area contributed by atoms with Gasteiger partial charge in [0.2, 0.25) is 5.91 Å². The molecule has 0 saturated carbocycles. The zero-order chi connectivity index (χ0) is 36.6. The Morgan fingerprint density at radius 3 is 2.23 bits per heavy atom. The number of carbonyl (C=O) groups excluding carboxylic acids is 1. The number of rotatable bonds is 10. The van der Waals surface area contributed by atoms with Crippen LogP contribution in [0.3, 0.4) is 0 Å². The highest BCUT2D eigenvalue weighted by molar-refractivity contribution is 8.00. The van der Waals surface area contributed by atoms with E-state index in [4.69, 9.17) is 28.2 Å². The molecule has 1 aliphatic heterocycles. The first kappa shape index (κ1) is 35.4. The van der Waals surface area contributed by atoms with Crippen LogP contribution >= 0.6 is 35.0 Å². The van der Waals surface area contributed by atoms with E-state index in [0.29, 0.717) is 43.9 Å². The number of anilines is 4. The summed E-state index contributed by atoms with van der Waals surface area (Å²) in [6.45, 7) is 0. The predicted molar refractivity (Wildman–Crippen MR) is 211 cm³/mol. The summed E-state index contributed by atoms with van der Waals surface area (Å²) in [4.78, 5) is 37.7. The molecule has 0 radical (unpaired) electrons. The van der Waals surface area contributed by atoms with Crippen LogP contribution in [-0.2, 0) is 21.2 Å². The van der Waals surface area contributed by atoms with Crippen LogP contribution in [0.25, 0.3) is 10.9 Å². The SMILES string of the molecule is CN(C)c1ccc(C2SCC(=O)N2c2ccc(S(=O)(=O)Nn3c(Cc4ccccc4Nc4c(Cl)cccc4Cl)nc4ccccc4c3=O)cc2)cc1. The molecule has 10 nitrogen and oxygen atoms in total. The van der Waals surface area contributed by atoms with Crippen molar-refractivity contribution in [2.24, 2.45) is 0 Å². The number of halogens is 2. The van der Waals surface area contributed by atoms with Gasteiger partial charge in [0, 0.05) is 37.6 Å². The van der Waals surface area contributed by atoms with Crippen LogP contribution < -0.4 is 25.5 Å². The van der Waals surface area contributed by atoms with Gasteiger partial charge < -0.3 is 10.2 Å². The number of amides is 1. The minimum Gasteiger partial charge on any atom is -0.378 e. The van der Waals surface area contributed by atoms with Gasteiger partial charge in [-0.2, -0.15) is 13.1 Å². The molecule has 6 aromatic rings. The maximum absolute atomic E-state index is 13.9. The van der Waals surface area contributed by atoms with Crippen LogP contribution in [0.15, 0.2) is 125 Å². The molecule has 1 aromatic heterocycles. The van der Waals surface area contributed by atoms with Crippen molar-refractivity contribution < 1.29 is 13.2 Å². The zero-order valence-electron chi connectivity index (χ0n) is 28.0. The topological polar surface area (TPSA) is 117 Å². The number of nitrogens with zero attached hydrogens (tertiary/aromatic N) is 4. The number of nitrogens with one attached hydrogen (secondary N) is 2. The molecular weight excluding hydrogens is 739 g/mol. The van der Waals surface area contributed by atoms with E-state index in [1.54, 1.807) is 59.5 Å². The van der Waals surface area contributed by atoms with Crippen molar-refractivity contribution >= 4 is 84.5 Å². The molecule has 0 spiro atoms. The van der Waals surface area contributed by atoms with Crippen molar-refractivity contribution in [3.05, 3.63) is 153 Å². The van der Waals surface area contributed by atoms with Gasteiger partial charge in [0.05, 0.1) is 37.3 Å². The first-order chi connectivity index (χ1) is 25.0. The standard InChI is InChI=1S/C38H32Cl2N6O4S2/c1-44(2)26-16-14-24(15-17-26)38-45(35(47)23-51-38)27-18-20-28(21-19-27)52(49,50)43-46-34(41-33-13-6-4-9-29(33)37(46)48)22-25-8-3-5-12-32(25)42-36-30(39)10-7-11-31(36)40/h3-21,38,42-43H,22-23H2,1-2H3. The smallest absolute Gasteiger partial charge is 0.280 e. The molecule has 1 fully saturated rings. The van der Waals surface area contributed by atoms with Crippen molar-refractivity contribution in [2.45, 2.75) is 16.7 Å². The van der Waals surface area contributed by atoms with Crippen molar-refractivity contribution in [1.82, 2.24) is 9.66 Å². The Hall–Kier alpha value is -5.01. The number of thioether (sulfide) groups is 1. The molecule has 264 valence electrons. The first-order valence-corrected chi connectivity index (χ1v) is 19.4. The molecule has 52 heavy (non-hydrogen) atoms. The Kier molecular flexibility index (Phi) is 9.90. The monoisotopic (exact) mass is 770 g/mol. The lowest BCUT2D eigenvalue weighted by molar-refractivity contribution is -0.115. The van der Waals surface area contributed by atoms with E-state index in [2.05, 4.69) is 10.1 Å². The Morgan fingerprint density at radius 2 is 1.52 bits per heavy atom. The predicted octanol–water partition coefficient (Wildman–Crippen LogP) is 7.81. The second-order valence-electron chi connectivity index (χ2n) is 12.2.